The second-order valence-electron chi connectivity index (χ2n) is 3.49. The number of nitrogens with zero attached hydrogens (tertiary/aromatic N) is 3. The minimum absolute atomic E-state index is 0.128. The molecular weight excluding hydrogens is 242 g/mol. The van der Waals surface area contributed by atoms with Crippen LogP contribution in [0.1, 0.15) is 17.5 Å². The molecule has 1 atom stereocenters. The van der Waals surface area contributed by atoms with E-state index >= 15 is 0 Å². The molecule has 6 nitrogen and oxygen atoms in total. The largest absolute Gasteiger partial charge is 0.383 e. The molecule has 1 aromatic rings. The highest BCUT2D eigenvalue weighted by atomic mass is 32.2. The number of aromatic nitrogens is 2. The fourth-order valence-electron chi connectivity index (χ4n) is 1.27. The molecule has 94 valence electrons. The maximum Gasteiger partial charge on any atom is 0.308 e. The lowest BCUT2D eigenvalue weighted by molar-refractivity contribution is 0.222. The van der Waals surface area contributed by atoms with E-state index < -0.39 is 16.3 Å². The fraction of sp³-hybridized carbons (Fsp3) is 0.300. The van der Waals surface area contributed by atoms with E-state index in [2.05, 4.69) is 18.1 Å². The van der Waals surface area contributed by atoms with Crippen molar-refractivity contribution in [3.05, 3.63) is 36.9 Å². The predicted molar refractivity (Wildman–Crippen MR) is 65.5 cm³/mol. The number of aliphatic hydroxyl groups excluding tert-OH is 1. The van der Waals surface area contributed by atoms with Gasteiger partial charge in [-0.2, -0.15) is 12.7 Å². The average molecular weight is 257 g/mol. The Morgan fingerprint density at radius 3 is 2.53 bits per heavy atom. The molecule has 0 spiro atoms. The van der Waals surface area contributed by atoms with E-state index in [1.54, 1.807) is 0 Å². The molecule has 1 rings (SSSR count). The highest BCUT2D eigenvalue weighted by Gasteiger charge is 2.25. The minimum Gasteiger partial charge on any atom is -0.383 e. The fourth-order valence-corrected chi connectivity index (χ4v) is 2.23. The number of hydrogen-bond donors (Lipinski definition) is 1. The van der Waals surface area contributed by atoms with Gasteiger partial charge in [0, 0.05) is 14.1 Å². The van der Waals surface area contributed by atoms with Crippen molar-refractivity contribution in [3.63, 3.8) is 0 Å². The normalized spacial score (nSPS) is 13.6. The van der Waals surface area contributed by atoms with Crippen molar-refractivity contribution >= 4 is 16.3 Å². The molecular formula is C10H15N3O3S. The van der Waals surface area contributed by atoms with Crippen molar-refractivity contribution in [1.82, 2.24) is 13.3 Å². The molecule has 0 aliphatic rings. The van der Waals surface area contributed by atoms with Gasteiger partial charge in [0.2, 0.25) is 0 Å². The molecule has 0 aromatic carbocycles. The van der Waals surface area contributed by atoms with Gasteiger partial charge in [0.25, 0.3) is 0 Å². The highest BCUT2D eigenvalue weighted by Crippen LogP contribution is 2.21. The van der Waals surface area contributed by atoms with Gasteiger partial charge in [0.05, 0.1) is 11.4 Å². The Labute approximate surface area is 101 Å². The summed E-state index contributed by atoms with van der Waals surface area (Å²) in [4.78, 5) is 3.88. The first-order valence-corrected chi connectivity index (χ1v) is 6.19. The Morgan fingerprint density at radius 1 is 1.53 bits per heavy atom. The molecule has 0 saturated heterocycles. The van der Waals surface area contributed by atoms with Crippen LogP contribution in [0.5, 0.6) is 0 Å². The van der Waals surface area contributed by atoms with Crippen molar-refractivity contribution in [2.75, 3.05) is 14.1 Å². The summed E-state index contributed by atoms with van der Waals surface area (Å²) in [7, 11) is -0.928. The third-order valence-corrected chi connectivity index (χ3v) is 3.92. The number of hydrogen-bond acceptors (Lipinski definition) is 4. The van der Waals surface area contributed by atoms with Crippen molar-refractivity contribution < 1.29 is 13.5 Å². The van der Waals surface area contributed by atoms with E-state index in [0.29, 0.717) is 5.69 Å². The first-order valence-electron chi connectivity index (χ1n) is 4.79. The van der Waals surface area contributed by atoms with Gasteiger partial charge in [0.15, 0.2) is 0 Å². The molecule has 0 aliphatic carbocycles. The molecule has 1 heterocycles. The Morgan fingerprint density at radius 2 is 2.12 bits per heavy atom. The van der Waals surface area contributed by atoms with Crippen molar-refractivity contribution in [2.24, 2.45) is 0 Å². The molecule has 1 unspecified atom stereocenters. The van der Waals surface area contributed by atoms with Crippen LogP contribution >= 0.6 is 0 Å². The predicted octanol–water partition coefficient (Wildman–Crippen LogP) is 0.400. The van der Waals surface area contributed by atoms with Gasteiger partial charge in [-0.15, -0.1) is 6.58 Å². The van der Waals surface area contributed by atoms with Crippen LogP contribution in [0.25, 0.3) is 6.08 Å². The molecule has 1 N–H and O–H groups in total. The molecule has 0 fully saturated rings. The van der Waals surface area contributed by atoms with Crippen LogP contribution in [-0.4, -0.2) is 40.9 Å². The quantitative estimate of drug-likeness (QED) is 0.775. The Balaban J connectivity index is 3.51. The van der Waals surface area contributed by atoms with Crippen LogP contribution in [-0.2, 0) is 10.2 Å². The monoisotopic (exact) mass is 257 g/mol. The van der Waals surface area contributed by atoms with Crippen molar-refractivity contribution in [3.8, 4) is 0 Å². The van der Waals surface area contributed by atoms with Gasteiger partial charge < -0.3 is 5.11 Å². The van der Waals surface area contributed by atoms with Gasteiger partial charge in [-0.3, -0.25) is 0 Å². The van der Waals surface area contributed by atoms with Gasteiger partial charge in [-0.05, 0) is 6.08 Å². The zero-order chi connectivity index (χ0) is 13.2. The van der Waals surface area contributed by atoms with Gasteiger partial charge >= 0.3 is 10.2 Å². The molecule has 7 heteroatoms. The first kappa shape index (κ1) is 13.6. The number of aliphatic hydroxyl groups is 1. The highest BCUT2D eigenvalue weighted by molar-refractivity contribution is 7.87. The van der Waals surface area contributed by atoms with E-state index in [-0.39, 0.29) is 5.69 Å². The van der Waals surface area contributed by atoms with E-state index in [1.165, 1.54) is 26.2 Å². The van der Waals surface area contributed by atoms with Crippen LogP contribution in [0.3, 0.4) is 0 Å². The van der Waals surface area contributed by atoms with Gasteiger partial charge in [0.1, 0.15) is 12.4 Å². The lowest BCUT2D eigenvalue weighted by atomic mass is 10.2. The van der Waals surface area contributed by atoms with E-state index in [9.17, 15) is 13.5 Å². The summed E-state index contributed by atoms with van der Waals surface area (Å²) < 4.78 is 25.9. The molecule has 0 saturated carbocycles. The van der Waals surface area contributed by atoms with Crippen molar-refractivity contribution in [2.45, 2.75) is 6.10 Å². The molecule has 1 aromatic heterocycles. The van der Waals surface area contributed by atoms with Crippen LogP contribution < -0.4 is 0 Å². The SMILES string of the molecule is C=Cc1ncn(S(=O)(=O)N(C)C)c1C(O)C=C. The third-order valence-electron chi connectivity index (χ3n) is 2.21. The average Bonchev–Trinajstić information content (AvgIpc) is 2.71. The molecule has 0 amide bonds. The molecule has 0 radical (unpaired) electrons. The summed E-state index contributed by atoms with van der Waals surface area (Å²) in [6.45, 7) is 6.95. The number of imidazole rings is 1. The van der Waals surface area contributed by atoms with E-state index in [1.807, 2.05) is 0 Å². The Bertz CT molecular complexity index is 531. The second kappa shape index (κ2) is 4.82. The summed E-state index contributed by atoms with van der Waals surface area (Å²) in [6, 6.07) is 0. The zero-order valence-corrected chi connectivity index (χ0v) is 10.6. The van der Waals surface area contributed by atoms with Crippen LogP contribution in [0.4, 0.5) is 0 Å². The topological polar surface area (TPSA) is 75.4 Å². The van der Waals surface area contributed by atoms with E-state index in [0.717, 1.165) is 14.6 Å². The lowest BCUT2D eigenvalue weighted by Gasteiger charge is -2.16. The summed E-state index contributed by atoms with van der Waals surface area (Å²) in [5, 5.41) is 9.75. The van der Waals surface area contributed by atoms with Crippen LogP contribution in [0.2, 0.25) is 0 Å². The van der Waals surface area contributed by atoms with Gasteiger partial charge in [-0.25, -0.2) is 8.96 Å². The summed E-state index contributed by atoms with van der Waals surface area (Å²) in [5.41, 5.74) is 0.437. The third kappa shape index (κ3) is 2.31. The molecule has 17 heavy (non-hydrogen) atoms. The first-order chi connectivity index (χ1) is 7.86. The summed E-state index contributed by atoms with van der Waals surface area (Å²) >= 11 is 0. The van der Waals surface area contributed by atoms with Crippen LogP contribution in [0, 0.1) is 0 Å². The minimum atomic E-state index is -3.72. The zero-order valence-electron chi connectivity index (χ0n) is 9.74. The van der Waals surface area contributed by atoms with Crippen LogP contribution in [0.15, 0.2) is 25.6 Å². The standard InChI is InChI=1S/C10H15N3O3S/c1-5-8-10(9(14)6-2)13(7-11-8)17(15,16)12(3)4/h5-7,9,14H,1-2H2,3-4H3. The smallest absolute Gasteiger partial charge is 0.308 e. The lowest BCUT2D eigenvalue weighted by Crippen LogP contribution is -2.30. The maximum atomic E-state index is 12.0. The van der Waals surface area contributed by atoms with E-state index in [4.69, 9.17) is 0 Å². The molecule has 0 bridgehead atoms. The summed E-state index contributed by atoms with van der Waals surface area (Å²) in [6.07, 6.45) is 2.62. The number of rotatable bonds is 5. The maximum absolute atomic E-state index is 12.0. The Kier molecular flexibility index (Phi) is 3.87. The second-order valence-corrected chi connectivity index (χ2v) is 5.51. The van der Waals surface area contributed by atoms with Gasteiger partial charge in [-0.1, -0.05) is 12.7 Å². The molecule has 0 aliphatic heterocycles. The summed E-state index contributed by atoms with van der Waals surface area (Å²) in [5.74, 6) is 0. The van der Waals surface area contributed by atoms with Crippen molar-refractivity contribution in [1.29, 1.82) is 0 Å². The Hall–Kier alpha value is -1.44.